The van der Waals surface area contributed by atoms with Gasteiger partial charge in [0.25, 0.3) is 0 Å². The normalized spacial score (nSPS) is 11.4. The molecule has 0 saturated heterocycles. The first-order valence-corrected chi connectivity index (χ1v) is 9.71. The second-order valence-corrected chi connectivity index (χ2v) is 8.20. The van der Waals surface area contributed by atoms with Crippen molar-refractivity contribution in [1.82, 2.24) is 4.98 Å². The van der Waals surface area contributed by atoms with Crippen molar-refractivity contribution in [3.63, 3.8) is 0 Å². The van der Waals surface area contributed by atoms with E-state index >= 15 is 0 Å². The van der Waals surface area contributed by atoms with Gasteiger partial charge in [-0.1, -0.05) is 53.5 Å². The maximum absolute atomic E-state index is 11.3. The molecule has 3 aromatic rings. The molecular formula is C20H18Cl2N2OS. The zero-order valence-corrected chi connectivity index (χ0v) is 17.0. The highest BCUT2D eigenvalue weighted by molar-refractivity contribution is 7.10. The lowest BCUT2D eigenvalue weighted by Crippen LogP contribution is -2.20. The van der Waals surface area contributed by atoms with Crippen LogP contribution in [0.15, 0.2) is 47.8 Å². The van der Waals surface area contributed by atoms with Gasteiger partial charge in [-0.3, -0.25) is 4.79 Å². The van der Waals surface area contributed by atoms with Crippen LogP contribution in [-0.4, -0.2) is 10.9 Å². The molecule has 134 valence electrons. The lowest BCUT2D eigenvalue weighted by Gasteiger charge is -2.26. The molecule has 3 nitrogen and oxygen atoms in total. The maximum atomic E-state index is 11.3. The Labute approximate surface area is 167 Å². The van der Waals surface area contributed by atoms with Crippen molar-refractivity contribution in [2.75, 3.05) is 5.32 Å². The molecule has 0 aliphatic rings. The van der Waals surface area contributed by atoms with Gasteiger partial charge in [0.05, 0.1) is 5.69 Å². The molecule has 0 bridgehead atoms. The number of halogens is 2. The smallest absolute Gasteiger partial charge is 0.221 e. The molecule has 1 N–H and O–H groups in total. The molecule has 0 fully saturated rings. The zero-order chi connectivity index (χ0) is 18.9. The predicted octanol–water partition coefficient (Wildman–Crippen LogP) is 6.40. The predicted molar refractivity (Wildman–Crippen MR) is 110 cm³/mol. The van der Waals surface area contributed by atoms with Crippen molar-refractivity contribution in [1.29, 1.82) is 0 Å². The van der Waals surface area contributed by atoms with Crippen molar-refractivity contribution in [3.05, 3.63) is 68.5 Å². The third kappa shape index (κ3) is 3.78. The third-order valence-electron chi connectivity index (χ3n) is 4.10. The van der Waals surface area contributed by atoms with E-state index in [1.807, 2.05) is 49.6 Å². The molecule has 0 atom stereocenters. The van der Waals surface area contributed by atoms with Crippen molar-refractivity contribution >= 4 is 46.1 Å². The number of hydrogen-bond acceptors (Lipinski definition) is 3. The number of anilines is 1. The topological polar surface area (TPSA) is 42.0 Å². The first kappa shape index (κ1) is 18.9. The number of aromatic nitrogens is 1. The Bertz CT molecular complexity index is 928. The first-order valence-electron chi connectivity index (χ1n) is 8.07. The molecule has 26 heavy (non-hydrogen) atoms. The Hall–Kier alpha value is -1.88. The van der Waals surface area contributed by atoms with E-state index in [1.165, 1.54) is 6.92 Å². The van der Waals surface area contributed by atoms with Crippen molar-refractivity contribution in [3.8, 4) is 11.3 Å². The average molecular weight is 405 g/mol. The Kier molecular flexibility index (Phi) is 5.37. The van der Waals surface area contributed by atoms with Crippen molar-refractivity contribution < 1.29 is 4.79 Å². The number of rotatable bonds is 4. The molecule has 0 saturated carbocycles. The van der Waals surface area contributed by atoms with Gasteiger partial charge in [0, 0.05) is 44.6 Å². The lowest BCUT2D eigenvalue weighted by atomic mass is 9.85. The number of benzene rings is 2. The number of amides is 1. The van der Waals surface area contributed by atoms with Crippen LogP contribution in [0.4, 0.5) is 5.69 Å². The molecule has 0 aliphatic carbocycles. The quantitative estimate of drug-likeness (QED) is 0.546. The van der Waals surface area contributed by atoms with Gasteiger partial charge in [0.2, 0.25) is 5.91 Å². The van der Waals surface area contributed by atoms with Gasteiger partial charge in [0.15, 0.2) is 0 Å². The number of carbonyl (C=O) groups excluding carboxylic acids is 1. The lowest BCUT2D eigenvalue weighted by molar-refractivity contribution is -0.114. The Morgan fingerprint density at radius 2 is 1.73 bits per heavy atom. The average Bonchev–Trinajstić information content (AvgIpc) is 3.05. The van der Waals surface area contributed by atoms with Crippen LogP contribution in [-0.2, 0) is 10.2 Å². The van der Waals surface area contributed by atoms with Crippen LogP contribution in [0.25, 0.3) is 11.3 Å². The molecule has 6 heteroatoms. The fraction of sp³-hybridized carbons (Fsp3) is 0.200. The first-order chi connectivity index (χ1) is 12.3. The van der Waals surface area contributed by atoms with E-state index < -0.39 is 5.41 Å². The molecule has 2 aromatic carbocycles. The van der Waals surface area contributed by atoms with Crippen LogP contribution >= 0.6 is 34.5 Å². The molecule has 1 amide bonds. The van der Waals surface area contributed by atoms with Gasteiger partial charge in [0.1, 0.15) is 5.01 Å². The Morgan fingerprint density at radius 1 is 1.12 bits per heavy atom. The highest BCUT2D eigenvalue weighted by Crippen LogP contribution is 2.43. The maximum Gasteiger partial charge on any atom is 0.221 e. The number of hydrogen-bond donors (Lipinski definition) is 1. The molecule has 0 unspecified atom stereocenters. The SMILES string of the molecule is CC(=O)Nc1cc(Cl)c(C(C)(C)c2nc(-c3ccccc3)cs2)c(Cl)c1. The molecule has 3 rings (SSSR count). The van der Waals surface area contributed by atoms with E-state index in [0.717, 1.165) is 21.8 Å². The van der Waals surface area contributed by atoms with Crippen LogP contribution < -0.4 is 5.32 Å². The van der Waals surface area contributed by atoms with E-state index in [4.69, 9.17) is 28.2 Å². The molecular weight excluding hydrogens is 387 g/mol. The van der Waals surface area contributed by atoms with E-state index in [0.29, 0.717) is 15.7 Å². The van der Waals surface area contributed by atoms with Gasteiger partial charge in [-0.05, 0) is 26.0 Å². The summed E-state index contributed by atoms with van der Waals surface area (Å²) in [6.07, 6.45) is 0. The molecule has 0 aliphatic heterocycles. The second-order valence-electron chi connectivity index (χ2n) is 6.53. The molecule has 0 spiro atoms. The van der Waals surface area contributed by atoms with Crippen LogP contribution in [0.1, 0.15) is 31.3 Å². The number of thiazole rings is 1. The standard InChI is InChI=1S/C20H18Cl2N2OS/c1-12(25)23-14-9-15(21)18(16(22)10-14)20(2,3)19-24-17(11-26-19)13-7-5-4-6-8-13/h4-11H,1-3H3,(H,23,25). The minimum atomic E-state index is -0.472. The zero-order valence-electron chi connectivity index (χ0n) is 14.6. The van der Waals surface area contributed by atoms with Gasteiger partial charge < -0.3 is 5.32 Å². The Balaban J connectivity index is 2.01. The summed E-state index contributed by atoms with van der Waals surface area (Å²) in [6.45, 7) is 5.54. The third-order valence-corrected chi connectivity index (χ3v) is 5.86. The van der Waals surface area contributed by atoms with Gasteiger partial charge in [-0.25, -0.2) is 4.98 Å². The van der Waals surface area contributed by atoms with E-state index in [2.05, 4.69) is 5.32 Å². The van der Waals surface area contributed by atoms with Crippen LogP contribution in [0, 0.1) is 0 Å². The summed E-state index contributed by atoms with van der Waals surface area (Å²) in [5.74, 6) is -0.170. The number of carbonyl (C=O) groups is 1. The van der Waals surface area contributed by atoms with Gasteiger partial charge in [-0.15, -0.1) is 11.3 Å². The fourth-order valence-electron chi connectivity index (χ4n) is 2.85. The van der Waals surface area contributed by atoms with Crippen LogP contribution in [0.3, 0.4) is 0 Å². The summed E-state index contributed by atoms with van der Waals surface area (Å²) >= 11 is 14.6. The van der Waals surface area contributed by atoms with Crippen LogP contribution in [0.5, 0.6) is 0 Å². The van der Waals surface area contributed by atoms with Gasteiger partial charge in [-0.2, -0.15) is 0 Å². The monoisotopic (exact) mass is 404 g/mol. The number of nitrogens with zero attached hydrogens (tertiary/aromatic N) is 1. The summed E-state index contributed by atoms with van der Waals surface area (Å²) in [6, 6.07) is 13.5. The van der Waals surface area contributed by atoms with Crippen molar-refractivity contribution in [2.24, 2.45) is 0 Å². The summed E-state index contributed by atoms with van der Waals surface area (Å²) < 4.78 is 0. The summed E-state index contributed by atoms with van der Waals surface area (Å²) in [5, 5.41) is 6.68. The van der Waals surface area contributed by atoms with E-state index in [9.17, 15) is 4.79 Å². The van der Waals surface area contributed by atoms with E-state index in [1.54, 1.807) is 23.5 Å². The fourth-order valence-corrected chi connectivity index (χ4v) is 4.77. The van der Waals surface area contributed by atoms with Gasteiger partial charge >= 0.3 is 0 Å². The molecule has 1 heterocycles. The van der Waals surface area contributed by atoms with Crippen LogP contribution in [0.2, 0.25) is 10.0 Å². The highest BCUT2D eigenvalue weighted by atomic mass is 35.5. The summed E-state index contributed by atoms with van der Waals surface area (Å²) in [5.41, 5.74) is 2.91. The second kappa shape index (κ2) is 7.39. The minimum Gasteiger partial charge on any atom is -0.326 e. The van der Waals surface area contributed by atoms with Crippen molar-refractivity contribution in [2.45, 2.75) is 26.2 Å². The Morgan fingerprint density at radius 3 is 2.31 bits per heavy atom. The largest absolute Gasteiger partial charge is 0.326 e. The summed E-state index contributed by atoms with van der Waals surface area (Å²) in [7, 11) is 0. The highest BCUT2D eigenvalue weighted by Gasteiger charge is 2.31. The summed E-state index contributed by atoms with van der Waals surface area (Å²) in [4.78, 5) is 16.1. The molecule has 0 radical (unpaired) electrons. The minimum absolute atomic E-state index is 0.170. The number of nitrogens with one attached hydrogen (secondary N) is 1. The van der Waals surface area contributed by atoms with E-state index in [-0.39, 0.29) is 5.91 Å². The molecule has 1 aromatic heterocycles.